The summed E-state index contributed by atoms with van der Waals surface area (Å²) in [4.78, 5) is 12.2. The van der Waals surface area contributed by atoms with Gasteiger partial charge in [0.1, 0.15) is 17.4 Å². The number of esters is 1. The molecule has 5 nitrogen and oxygen atoms in total. The molecular weight excluding hydrogens is 340 g/mol. The average molecular weight is 363 g/mol. The van der Waals surface area contributed by atoms with Crippen molar-refractivity contribution < 1.29 is 18.3 Å². The van der Waals surface area contributed by atoms with Crippen molar-refractivity contribution in [3.63, 3.8) is 0 Å². The van der Waals surface area contributed by atoms with Gasteiger partial charge in [-0.2, -0.15) is 5.10 Å². The van der Waals surface area contributed by atoms with Crippen LogP contribution < -0.4 is 5.32 Å². The number of aromatic nitrogens is 2. The average Bonchev–Trinajstić information content (AvgIpc) is 3.04. The number of hydrogen-bond donors (Lipinski definition) is 1. The molecule has 1 aliphatic rings. The second-order valence-electron chi connectivity index (χ2n) is 6.57. The Labute approximate surface area is 151 Å². The summed E-state index contributed by atoms with van der Waals surface area (Å²) in [5, 5.41) is 7.24. The molecular formula is C19H23F2N3O2. The Balaban J connectivity index is 1.99. The minimum absolute atomic E-state index is 0.173. The number of nitrogens with zero attached hydrogens (tertiary/aromatic N) is 2. The van der Waals surface area contributed by atoms with E-state index in [4.69, 9.17) is 4.74 Å². The van der Waals surface area contributed by atoms with E-state index in [-0.39, 0.29) is 30.5 Å². The maximum absolute atomic E-state index is 14.2. The number of nitrogens with one attached hydrogen (secondary N) is 1. The number of anilines is 1. The number of aryl methyl sites for hydroxylation is 1. The van der Waals surface area contributed by atoms with Crippen LogP contribution >= 0.6 is 0 Å². The highest BCUT2D eigenvalue weighted by Gasteiger charge is 2.43. The van der Waals surface area contributed by atoms with Crippen molar-refractivity contribution in [1.82, 2.24) is 9.78 Å². The highest BCUT2D eigenvalue weighted by Crippen LogP contribution is 2.43. The zero-order chi connectivity index (χ0) is 18.9. The molecule has 0 amide bonds. The highest BCUT2D eigenvalue weighted by atomic mass is 19.3. The van der Waals surface area contributed by atoms with Gasteiger partial charge in [0.2, 0.25) is 0 Å². The normalized spacial score (nSPS) is 19.6. The molecule has 1 aliphatic heterocycles. The molecule has 140 valence electrons. The summed E-state index contributed by atoms with van der Waals surface area (Å²) in [5.41, 5.74) is 2.26. The summed E-state index contributed by atoms with van der Waals surface area (Å²) in [7, 11) is 0. The van der Waals surface area contributed by atoms with Crippen molar-refractivity contribution in [3.8, 4) is 0 Å². The van der Waals surface area contributed by atoms with Crippen LogP contribution in [0, 0.1) is 0 Å². The minimum atomic E-state index is -2.98. The van der Waals surface area contributed by atoms with Gasteiger partial charge < -0.3 is 10.1 Å². The van der Waals surface area contributed by atoms with E-state index in [1.54, 1.807) is 6.92 Å². The van der Waals surface area contributed by atoms with Crippen LogP contribution in [0.15, 0.2) is 30.5 Å². The molecule has 0 fully saturated rings. The Bertz CT molecular complexity index is 781. The van der Waals surface area contributed by atoms with Crippen LogP contribution in [0.25, 0.3) is 0 Å². The molecule has 0 radical (unpaired) electrons. The van der Waals surface area contributed by atoms with E-state index in [1.807, 2.05) is 24.3 Å². The van der Waals surface area contributed by atoms with Gasteiger partial charge in [0.15, 0.2) is 0 Å². The van der Waals surface area contributed by atoms with Crippen LogP contribution in [0.1, 0.15) is 60.8 Å². The lowest BCUT2D eigenvalue weighted by atomic mass is 9.93. The minimum Gasteiger partial charge on any atom is -0.462 e. The molecule has 0 saturated carbocycles. The van der Waals surface area contributed by atoms with Crippen molar-refractivity contribution >= 4 is 11.8 Å². The van der Waals surface area contributed by atoms with E-state index in [2.05, 4.69) is 17.3 Å². The van der Waals surface area contributed by atoms with Crippen molar-refractivity contribution in [2.45, 2.75) is 51.6 Å². The first-order valence-electron chi connectivity index (χ1n) is 8.83. The van der Waals surface area contributed by atoms with Crippen LogP contribution in [0.4, 0.5) is 14.6 Å². The standard InChI is InChI=1S/C19H23F2N3O2/c1-4-12-6-8-13(9-7-12)15-10-16(19(3,20)21)24-17(23-15)14(11-22-24)18(25)26-5-2/h6-9,11,15-16,23H,4-5,10H2,1-3H3. The van der Waals surface area contributed by atoms with Crippen LogP contribution in [-0.4, -0.2) is 28.3 Å². The lowest BCUT2D eigenvalue weighted by Crippen LogP contribution is -2.36. The molecule has 26 heavy (non-hydrogen) atoms. The molecule has 0 saturated heterocycles. The van der Waals surface area contributed by atoms with E-state index >= 15 is 0 Å². The van der Waals surface area contributed by atoms with E-state index in [0.29, 0.717) is 0 Å². The predicted octanol–water partition coefficient (Wildman–Crippen LogP) is 4.38. The third-order valence-corrected chi connectivity index (χ3v) is 4.73. The number of fused-ring (bicyclic) bond motifs is 1. The summed E-state index contributed by atoms with van der Waals surface area (Å²) in [5.74, 6) is -3.26. The first-order valence-corrected chi connectivity index (χ1v) is 8.83. The summed E-state index contributed by atoms with van der Waals surface area (Å²) >= 11 is 0. The third kappa shape index (κ3) is 3.43. The smallest absolute Gasteiger partial charge is 0.343 e. The number of carbonyl (C=O) groups is 1. The molecule has 0 aliphatic carbocycles. The first-order chi connectivity index (χ1) is 12.3. The Morgan fingerprint density at radius 2 is 2.04 bits per heavy atom. The Morgan fingerprint density at radius 3 is 2.62 bits per heavy atom. The van der Waals surface area contributed by atoms with Crippen molar-refractivity contribution in [3.05, 3.63) is 47.2 Å². The van der Waals surface area contributed by atoms with Gasteiger partial charge in [-0.1, -0.05) is 31.2 Å². The van der Waals surface area contributed by atoms with E-state index < -0.39 is 17.9 Å². The second kappa shape index (κ2) is 7.05. The fourth-order valence-electron chi connectivity index (χ4n) is 3.27. The number of alkyl halides is 2. The largest absolute Gasteiger partial charge is 0.462 e. The topological polar surface area (TPSA) is 56.1 Å². The van der Waals surface area contributed by atoms with Crippen molar-refractivity contribution in [2.24, 2.45) is 0 Å². The maximum atomic E-state index is 14.2. The van der Waals surface area contributed by atoms with Gasteiger partial charge in [-0.15, -0.1) is 0 Å². The molecule has 2 heterocycles. The fraction of sp³-hybridized carbons (Fsp3) is 0.474. The molecule has 1 aromatic heterocycles. The summed E-state index contributed by atoms with van der Waals surface area (Å²) in [6.45, 7) is 4.85. The van der Waals surface area contributed by atoms with Crippen molar-refractivity contribution in [2.75, 3.05) is 11.9 Å². The molecule has 0 bridgehead atoms. The predicted molar refractivity (Wildman–Crippen MR) is 94.6 cm³/mol. The van der Waals surface area contributed by atoms with E-state index in [9.17, 15) is 13.6 Å². The molecule has 2 atom stereocenters. The lowest BCUT2D eigenvalue weighted by Gasteiger charge is -2.35. The van der Waals surface area contributed by atoms with E-state index in [1.165, 1.54) is 16.4 Å². The molecule has 3 rings (SSSR count). The molecule has 2 unspecified atom stereocenters. The number of hydrogen-bond acceptors (Lipinski definition) is 4. The van der Waals surface area contributed by atoms with Crippen LogP contribution in [0.5, 0.6) is 0 Å². The summed E-state index contributed by atoms with van der Waals surface area (Å²) in [6, 6.07) is 6.39. The highest BCUT2D eigenvalue weighted by molar-refractivity contribution is 5.94. The molecule has 7 heteroatoms. The molecule has 1 N–H and O–H groups in total. The van der Waals surface area contributed by atoms with Crippen LogP contribution in [0.3, 0.4) is 0 Å². The van der Waals surface area contributed by atoms with Gasteiger partial charge >= 0.3 is 5.97 Å². The van der Waals surface area contributed by atoms with Gasteiger partial charge in [0.05, 0.1) is 18.8 Å². The lowest BCUT2D eigenvalue weighted by molar-refractivity contribution is -0.0438. The van der Waals surface area contributed by atoms with Gasteiger partial charge in [-0.05, 0) is 24.5 Å². The van der Waals surface area contributed by atoms with Crippen molar-refractivity contribution in [1.29, 1.82) is 0 Å². The second-order valence-corrected chi connectivity index (χ2v) is 6.57. The SMILES string of the molecule is CCOC(=O)c1cnn2c1NC(c1ccc(CC)cc1)CC2C(C)(F)F. The maximum Gasteiger partial charge on any atom is 0.343 e. The van der Waals surface area contributed by atoms with Gasteiger partial charge in [0.25, 0.3) is 5.92 Å². The number of carbonyl (C=O) groups excluding carboxylic acids is 1. The van der Waals surface area contributed by atoms with Crippen LogP contribution in [0.2, 0.25) is 0 Å². The molecule has 0 spiro atoms. The summed E-state index contributed by atoms with van der Waals surface area (Å²) < 4.78 is 34.7. The zero-order valence-electron chi connectivity index (χ0n) is 15.1. The Hall–Kier alpha value is -2.44. The Morgan fingerprint density at radius 1 is 1.35 bits per heavy atom. The first kappa shape index (κ1) is 18.4. The number of benzene rings is 1. The quantitative estimate of drug-likeness (QED) is 0.801. The number of halogens is 2. The van der Waals surface area contributed by atoms with E-state index in [0.717, 1.165) is 18.9 Å². The summed E-state index contributed by atoms with van der Waals surface area (Å²) in [6.07, 6.45) is 2.38. The Kier molecular flexibility index (Phi) is 4.98. The molecule has 2 aromatic rings. The van der Waals surface area contributed by atoms with Crippen LogP contribution in [-0.2, 0) is 11.2 Å². The van der Waals surface area contributed by atoms with Gasteiger partial charge in [0, 0.05) is 13.3 Å². The zero-order valence-corrected chi connectivity index (χ0v) is 15.1. The molecule has 1 aromatic carbocycles. The number of rotatable bonds is 5. The monoisotopic (exact) mass is 363 g/mol. The fourth-order valence-corrected chi connectivity index (χ4v) is 3.27. The number of ether oxygens (including phenoxy) is 1. The van der Waals surface area contributed by atoms with Gasteiger partial charge in [-0.3, -0.25) is 0 Å². The third-order valence-electron chi connectivity index (χ3n) is 4.73. The van der Waals surface area contributed by atoms with Gasteiger partial charge in [-0.25, -0.2) is 18.3 Å².